The van der Waals surface area contributed by atoms with Crippen molar-refractivity contribution >= 4 is 0 Å². The van der Waals surface area contributed by atoms with Gasteiger partial charge in [0.2, 0.25) is 0 Å². The first-order valence-corrected chi connectivity index (χ1v) is 6.71. The van der Waals surface area contributed by atoms with Gasteiger partial charge < -0.3 is 14.3 Å². The van der Waals surface area contributed by atoms with E-state index in [-0.39, 0.29) is 18.8 Å². The van der Waals surface area contributed by atoms with Gasteiger partial charge in [-0.1, -0.05) is 33.1 Å². The SMILES string of the molecule is CCCC(CC)[C@H]1CO[C@H]2[C@@H]1OC[C@H]2O[N+](=O)[O-]. The Labute approximate surface area is 107 Å². The van der Waals surface area contributed by atoms with E-state index in [0.29, 0.717) is 18.4 Å². The van der Waals surface area contributed by atoms with E-state index in [1.807, 2.05) is 0 Å². The number of nitrogens with zero attached hydrogens (tertiary/aromatic N) is 1. The molecule has 0 amide bonds. The van der Waals surface area contributed by atoms with E-state index >= 15 is 0 Å². The molecule has 0 aliphatic carbocycles. The summed E-state index contributed by atoms with van der Waals surface area (Å²) in [4.78, 5) is 15.0. The Balaban J connectivity index is 1.97. The molecule has 2 aliphatic heterocycles. The highest BCUT2D eigenvalue weighted by molar-refractivity contribution is 4.96. The number of hydrogen-bond donors (Lipinski definition) is 0. The molecule has 2 heterocycles. The van der Waals surface area contributed by atoms with Crippen LogP contribution >= 0.6 is 0 Å². The third-order valence-electron chi connectivity index (χ3n) is 4.06. The van der Waals surface area contributed by atoms with Gasteiger partial charge >= 0.3 is 0 Å². The minimum atomic E-state index is -0.754. The number of ether oxygens (including phenoxy) is 2. The predicted molar refractivity (Wildman–Crippen MR) is 63.5 cm³/mol. The molecule has 0 radical (unpaired) electrons. The lowest BCUT2D eigenvalue weighted by atomic mass is 9.83. The van der Waals surface area contributed by atoms with Crippen LogP contribution in [-0.2, 0) is 14.3 Å². The first kappa shape index (κ1) is 13.5. The molecular formula is C12H21NO5. The van der Waals surface area contributed by atoms with Gasteiger partial charge in [0.25, 0.3) is 5.09 Å². The summed E-state index contributed by atoms with van der Waals surface area (Å²) in [7, 11) is 0. The van der Waals surface area contributed by atoms with E-state index in [1.165, 1.54) is 0 Å². The minimum absolute atomic E-state index is 0.0357. The molecule has 0 N–H and O–H groups in total. The van der Waals surface area contributed by atoms with Crippen molar-refractivity contribution < 1.29 is 19.4 Å². The Kier molecular flexibility index (Phi) is 4.40. The van der Waals surface area contributed by atoms with E-state index in [4.69, 9.17) is 9.47 Å². The quantitative estimate of drug-likeness (QED) is 0.537. The molecule has 0 aromatic rings. The van der Waals surface area contributed by atoms with Crippen molar-refractivity contribution in [2.75, 3.05) is 13.2 Å². The Morgan fingerprint density at radius 3 is 2.67 bits per heavy atom. The number of fused-ring (bicyclic) bond motifs is 1. The van der Waals surface area contributed by atoms with Crippen LogP contribution in [0.5, 0.6) is 0 Å². The molecule has 2 saturated heterocycles. The fraction of sp³-hybridized carbons (Fsp3) is 1.00. The highest BCUT2D eigenvalue weighted by atomic mass is 17.0. The van der Waals surface area contributed by atoms with Crippen molar-refractivity contribution in [3.8, 4) is 0 Å². The van der Waals surface area contributed by atoms with Crippen LogP contribution in [0.2, 0.25) is 0 Å². The molecule has 18 heavy (non-hydrogen) atoms. The highest BCUT2D eigenvalue weighted by Gasteiger charge is 2.50. The van der Waals surface area contributed by atoms with Gasteiger partial charge in [0.15, 0.2) is 6.10 Å². The van der Waals surface area contributed by atoms with E-state index in [2.05, 4.69) is 18.7 Å². The van der Waals surface area contributed by atoms with Crippen LogP contribution in [0.1, 0.15) is 33.1 Å². The Hall–Kier alpha value is -0.880. The van der Waals surface area contributed by atoms with Crippen LogP contribution in [0.4, 0.5) is 0 Å². The van der Waals surface area contributed by atoms with Crippen LogP contribution in [-0.4, -0.2) is 36.6 Å². The van der Waals surface area contributed by atoms with Crippen molar-refractivity contribution in [1.82, 2.24) is 0 Å². The molecule has 0 spiro atoms. The maximum atomic E-state index is 10.4. The minimum Gasteiger partial charge on any atom is -0.373 e. The Morgan fingerprint density at radius 1 is 1.33 bits per heavy atom. The molecule has 5 atom stereocenters. The summed E-state index contributed by atoms with van der Waals surface area (Å²) in [5, 5.41) is 9.64. The smallest absolute Gasteiger partial charge is 0.294 e. The third kappa shape index (κ3) is 2.59. The predicted octanol–water partition coefficient (Wildman–Crippen LogP) is 1.80. The van der Waals surface area contributed by atoms with Gasteiger partial charge in [-0.3, -0.25) is 0 Å². The molecule has 2 rings (SSSR count). The van der Waals surface area contributed by atoms with Gasteiger partial charge in [-0.25, -0.2) is 0 Å². The van der Waals surface area contributed by atoms with E-state index in [9.17, 15) is 10.1 Å². The van der Waals surface area contributed by atoms with Crippen LogP contribution in [0.3, 0.4) is 0 Å². The maximum Gasteiger partial charge on any atom is 0.294 e. The molecule has 2 fully saturated rings. The first-order chi connectivity index (χ1) is 8.67. The Bertz CT molecular complexity index is 298. The van der Waals surface area contributed by atoms with Gasteiger partial charge in [0, 0.05) is 5.92 Å². The molecular weight excluding hydrogens is 238 g/mol. The molecule has 1 unspecified atom stereocenters. The maximum absolute atomic E-state index is 10.4. The van der Waals surface area contributed by atoms with E-state index < -0.39 is 11.2 Å². The average Bonchev–Trinajstić information content (AvgIpc) is 2.89. The average molecular weight is 259 g/mol. The highest BCUT2D eigenvalue weighted by Crippen LogP contribution is 2.38. The number of hydrogen-bond acceptors (Lipinski definition) is 5. The molecule has 0 saturated carbocycles. The van der Waals surface area contributed by atoms with Crippen LogP contribution in [0, 0.1) is 22.0 Å². The van der Waals surface area contributed by atoms with Gasteiger partial charge in [-0.2, -0.15) is 0 Å². The van der Waals surface area contributed by atoms with Crippen LogP contribution in [0.25, 0.3) is 0 Å². The lowest BCUT2D eigenvalue weighted by molar-refractivity contribution is -0.769. The fourth-order valence-electron chi connectivity index (χ4n) is 3.19. The Morgan fingerprint density at radius 2 is 2.06 bits per heavy atom. The molecule has 6 heteroatoms. The zero-order valence-electron chi connectivity index (χ0n) is 10.9. The zero-order chi connectivity index (χ0) is 13.1. The van der Waals surface area contributed by atoms with E-state index in [0.717, 1.165) is 19.3 Å². The monoisotopic (exact) mass is 259 g/mol. The van der Waals surface area contributed by atoms with Gasteiger partial charge in [-0.15, -0.1) is 10.1 Å². The zero-order valence-corrected chi connectivity index (χ0v) is 10.9. The largest absolute Gasteiger partial charge is 0.373 e. The molecule has 0 aromatic carbocycles. The second-order valence-corrected chi connectivity index (χ2v) is 5.08. The lowest BCUT2D eigenvalue weighted by Gasteiger charge is -2.24. The van der Waals surface area contributed by atoms with Crippen molar-refractivity contribution in [3.05, 3.63) is 10.1 Å². The van der Waals surface area contributed by atoms with E-state index in [1.54, 1.807) is 0 Å². The van der Waals surface area contributed by atoms with Gasteiger partial charge in [-0.05, 0) is 5.92 Å². The second-order valence-electron chi connectivity index (χ2n) is 5.08. The standard InChI is InChI=1S/C12H21NO5/c1-3-5-8(4-2)9-6-16-12-10(18-13(14)15)7-17-11(9)12/h8-12H,3-7H2,1-2H3/t8?,9-,10-,11-,12-/m1/s1. The van der Waals surface area contributed by atoms with Crippen molar-refractivity contribution in [3.63, 3.8) is 0 Å². The van der Waals surface area contributed by atoms with Crippen molar-refractivity contribution in [1.29, 1.82) is 0 Å². The third-order valence-corrected chi connectivity index (χ3v) is 4.06. The molecule has 0 bridgehead atoms. The van der Waals surface area contributed by atoms with Crippen molar-refractivity contribution in [2.45, 2.75) is 51.4 Å². The summed E-state index contributed by atoms with van der Waals surface area (Å²) in [5.74, 6) is 0.916. The van der Waals surface area contributed by atoms with Gasteiger partial charge in [0.05, 0.1) is 19.3 Å². The van der Waals surface area contributed by atoms with Crippen LogP contribution < -0.4 is 0 Å². The fourth-order valence-corrected chi connectivity index (χ4v) is 3.19. The lowest BCUT2D eigenvalue weighted by Crippen LogP contribution is -2.34. The summed E-state index contributed by atoms with van der Waals surface area (Å²) in [5.41, 5.74) is 0. The van der Waals surface area contributed by atoms with Gasteiger partial charge in [0.1, 0.15) is 6.10 Å². The molecule has 6 nitrogen and oxygen atoms in total. The molecule has 104 valence electrons. The van der Waals surface area contributed by atoms with Crippen molar-refractivity contribution in [2.24, 2.45) is 11.8 Å². The normalized spacial score (nSPS) is 36.3. The topological polar surface area (TPSA) is 70.8 Å². The summed E-state index contributed by atoms with van der Waals surface area (Å²) in [6.45, 7) is 5.23. The summed E-state index contributed by atoms with van der Waals surface area (Å²) in [6, 6.07) is 0. The molecule has 0 aromatic heterocycles. The second kappa shape index (κ2) is 5.84. The summed E-state index contributed by atoms with van der Waals surface area (Å²) in [6.07, 6.45) is 2.51. The molecule has 2 aliphatic rings. The first-order valence-electron chi connectivity index (χ1n) is 6.71. The number of rotatable bonds is 6. The summed E-state index contributed by atoms with van der Waals surface area (Å²) < 4.78 is 11.4. The summed E-state index contributed by atoms with van der Waals surface area (Å²) >= 11 is 0. The van der Waals surface area contributed by atoms with Crippen LogP contribution in [0.15, 0.2) is 0 Å².